The molecule has 1 unspecified atom stereocenters. The number of hydrogen-bond donors (Lipinski definition) is 1. The van der Waals surface area contributed by atoms with Gasteiger partial charge in [0.25, 0.3) is 0 Å². The molecule has 1 N–H and O–H groups in total. The number of rotatable bonds is 6. The molecule has 1 aromatic heterocycles. The standard InChI is InChI=1S/C52H36N2O2/c1-31-41(33-19-7-3-8-20-33)42(34-21-9-4-10-22-34)32(2)44-43(31)47-48(49(44)51-53-37-27-15-17-29-39(37)55-51)45(35-23-11-5-12-24-35)46(36-25-13-6-14-26-36)50(47)52-54-38-28-16-18-30-40(38)56-52/h3-30,51,53H,1-2H3. The minimum absolute atomic E-state index is 0.457. The van der Waals surface area contributed by atoms with Gasteiger partial charge < -0.3 is 14.5 Å². The van der Waals surface area contributed by atoms with Crippen molar-refractivity contribution in [2.24, 2.45) is 0 Å². The molecule has 0 saturated carbocycles. The summed E-state index contributed by atoms with van der Waals surface area (Å²) in [4.78, 5) is 5.26. The maximum Gasteiger partial charge on any atom is 0.228 e. The van der Waals surface area contributed by atoms with E-state index in [-0.39, 0.29) is 0 Å². The van der Waals surface area contributed by atoms with Gasteiger partial charge in [0.2, 0.25) is 5.89 Å². The van der Waals surface area contributed by atoms with Crippen LogP contribution in [0.25, 0.3) is 61.2 Å². The molecule has 56 heavy (non-hydrogen) atoms. The Kier molecular flexibility index (Phi) is 7.33. The van der Waals surface area contributed by atoms with Crippen LogP contribution in [0.1, 0.15) is 39.3 Å². The summed E-state index contributed by atoms with van der Waals surface area (Å²) >= 11 is 0. The Balaban J connectivity index is 1.34. The largest absolute Gasteiger partial charge is 0.464 e. The van der Waals surface area contributed by atoms with Crippen LogP contribution < -0.4 is 10.1 Å². The van der Waals surface area contributed by atoms with Crippen LogP contribution in [-0.2, 0) is 0 Å². The summed E-state index contributed by atoms with van der Waals surface area (Å²) in [6, 6.07) is 59.4. The molecule has 4 heteroatoms. The Bertz CT molecular complexity index is 2900. The zero-order valence-corrected chi connectivity index (χ0v) is 31.0. The Morgan fingerprint density at radius 2 is 0.946 bits per heavy atom. The first-order chi connectivity index (χ1) is 27.7. The van der Waals surface area contributed by atoms with Gasteiger partial charge in [0, 0.05) is 22.3 Å². The molecule has 11 rings (SSSR count). The lowest BCUT2D eigenvalue weighted by atomic mass is 9.80. The van der Waals surface area contributed by atoms with Crippen LogP contribution >= 0.6 is 0 Å². The summed E-state index contributed by atoms with van der Waals surface area (Å²) in [5, 5.41) is 3.82. The number of oxazole rings is 1. The first kappa shape index (κ1) is 32.3. The summed E-state index contributed by atoms with van der Waals surface area (Å²) in [5.74, 6) is 1.44. The topological polar surface area (TPSA) is 47.3 Å². The third-order valence-electron chi connectivity index (χ3n) is 11.5. The predicted octanol–water partition coefficient (Wildman–Crippen LogP) is 12.9. The zero-order valence-electron chi connectivity index (χ0n) is 31.0. The number of para-hydroxylation sites is 4. The zero-order chi connectivity index (χ0) is 37.3. The van der Waals surface area contributed by atoms with Crippen molar-refractivity contribution in [3.8, 4) is 28.0 Å². The highest BCUT2D eigenvalue weighted by Crippen LogP contribution is 2.64. The molecule has 0 spiro atoms. The van der Waals surface area contributed by atoms with Crippen molar-refractivity contribution >= 4 is 44.7 Å². The third kappa shape index (κ3) is 4.82. The van der Waals surface area contributed by atoms with Gasteiger partial charge in [-0.15, -0.1) is 0 Å². The van der Waals surface area contributed by atoms with Gasteiger partial charge in [0.1, 0.15) is 11.3 Å². The van der Waals surface area contributed by atoms with Crippen molar-refractivity contribution in [3.05, 3.63) is 215 Å². The number of anilines is 1. The SMILES string of the molecule is Cc1c2c(c(C)c(-c3ccccc3)c1-c1ccccc1)C(C1Nc3ccccc3O1)=C1C(c3ccccc3)=C(c3ccccc3)C(c3nc4ccccc4o3)=C12. The number of hydrogen-bond acceptors (Lipinski definition) is 4. The van der Waals surface area contributed by atoms with Gasteiger partial charge in [-0.2, -0.15) is 0 Å². The van der Waals surface area contributed by atoms with Crippen LogP contribution in [-0.4, -0.2) is 11.2 Å². The fourth-order valence-electron chi connectivity index (χ4n) is 9.21. The van der Waals surface area contributed by atoms with Gasteiger partial charge in [-0.3, -0.25) is 0 Å². The summed E-state index contributed by atoms with van der Waals surface area (Å²) in [5.41, 5.74) is 20.9. The van der Waals surface area contributed by atoms with Crippen molar-refractivity contribution in [2.75, 3.05) is 5.32 Å². The van der Waals surface area contributed by atoms with E-state index in [0.717, 1.165) is 67.1 Å². The van der Waals surface area contributed by atoms with E-state index in [4.69, 9.17) is 14.1 Å². The summed E-state index contributed by atoms with van der Waals surface area (Å²) in [6.45, 7) is 4.59. The molecule has 2 aliphatic carbocycles. The Labute approximate surface area is 325 Å². The van der Waals surface area contributed by atoms with E-state index < -0.39 is 6.23 Å². The lowest BCUT2D eigenvalue weighted by molar-refractivity contribution is 0.311. The van der Waals surface area contributed by atoms with E-state index in [1.807, 2.05) is 36.4 Å². The fourth-order valence-corrected chi connectivity index (χ4v) is 9.21. The van der Waals surface area contributed by atoms with E-state index in [0.29, 0.717) is 5.89 Å². The molecular formula is C52H36N2O2. The summed E-state index contributed by atoms with van der Waals surface area (Å²) in [6.07, 6.45) is -0.457. The lowest BCUT2D eigenvalue weighted by Crippen LogP contribution is -2.23. The third-order valence-corrected chi connectivity index (χ3v) is 11.5. The molecule has 7 aromatic carbocycles. The average molecular weight is 721 g/mol. The molecule has 4 nitrogen and oxygen atoms in total. The minimum Gasteiger partial charge on any atom is -0.464 e. The number of ether oxygens (including phenoxy) is 1. The number of benzene rings is 7. The maximum atomic E-state index is 6.97. The first-order valence-electron chi connectivity index (χ1n) is 19.2. The molecule has 8 aromatic rings. The van der Waals surface area contributed by atoms with Gasteiger partial charge in [-0.25, -0.2) is 4.98 Å². The first-order valence-corrected chi connectivity index (χ1v) is 19.2. The van der Waals surface area contributed by atoms with Crippen molar-refractivity contribution in [1.29, 1.82) is 0 Å². The van der Waals surface area contributed by atoms with E-state index in [9.17, 15) is 0 Å². The van der Waals surface area contributed by atoms with Crippen LogP contribution in [0, 0.1) is 13.8 Å². The normalized spacial score (nSPS) is 15.6. The second-order valence-corrected chi connectivity index (χ2v) is 14.6. The molecular weight excluding hydrogens is 685 g/mol. The van der Waals surface area contributed by atoms with Crippen LogP contribution in [0.5, 0.6) is 5.75 Å². The molecule has 0 radical (unpaired) electrons. The van der Waals surface area contributed by atoms with E-state index >= 15 is 0 Å². The highest BCUT2D eigenvalue weighted by molar-refractivity contribution is 6.39. The Morgan fingerprint density at radius 3 is 1.54 bits per heavy atom. The highest BCUT2D eigenvalue weighted by Gasteiger charge is 2.47. The molecule has 0 bridgehead atoms. The quantitative estimate of drug-likeness (QED) is 0.186. The van der Waals surface area contributed by atoms with Crippen molar-refractivity contribution in [2.45, 2.75) is 20.1 Å². The maximum absolute atomic E-state index is 6.97. The van der Waals surface area contributed by atoms with Crippen LogP contribution in [0.15, 0.2) is 180 Å². The number of nitrogens with one attached hydrogen (secondary N) is 1. The summed E-state index contributed by atoms with van der Waals surface area (Å²) < 4.78 is 13.8. The highest BCUT2D eigenvalue weighted by atomic mass is 16.5. The van der Waals surface area contributed by atoms with Crippen molar-refractivity contribution in [3.63, 3.8) is 0 Å². The lowest BCUT2D eigenvalue weighted by Gasteiger charge is -2.25. The molecule has 0 saturated heterocycles. The molecule has 266 valence electrons. The van der Waals surface area contributed by atoms with E-state index in [1.165, 1.54) is 44.5 Å². The molecule has 0 amide bonds. The number of allylic oxidation sites excluding steroid dienone is 5. The number of aromatic nitrogens is 1. The van der Waals surface area contributed by atoms with Gasteiger partial charge >= 0.3 is 0 Å². The molecule has 0 fully saturated rings. The molecule has 1 atom stereocenters. The smallest absolute Gasteiger partial charge is 0.228 e. The van der Waals surface area contributed by atoms with Gasteiger partial charge in [0.05, 0.1) is 11.3 Å². The molecule has 3 aliphatic rings. The molecule has 2 heterocycles. The number of nitrogens with zero attached hydrogens (tertiary/aromatic N) is 1. The van der Waals surface area contributed by atoms with Crippen LogP contribution in [0.3, 0.4) is 0 Å². The van der Waals surface area contributed by atoms with Gasteiger partial charge in [0.15, 0.2) is 11.8 Å². The van der Waals surface area contributed by atoms with Crippen molar-refractivity contribution < 1.29 is 9.15 Å². The second-order valence-electron chi connectivity index (χ2n) is 14.6. The second kappa shape index (κ2) is 12.7. The van der Waals surface area contributed by atoms with E-state index in [1.54, 1.807) is 0 Å². The van der Waals surface area contributed by atoms with Crippen LogP contribution in [0.4, 0.5) is 5.69 Å². The van der Waals surface area contributed by atoms with E-state index in [2.05, 4.69) is 153 Å². The fraction of sp³-hybridized carbons (Fsp3) is 0.0577. The van der Waals surface area contributed by atoms with Gasteiger partial charge in [-0.1, -0.05) is 146 Å². The Hall–Kier alpha value is -7.17. The van der Waals surface area contributed by atoms with Crippen molar-refractivity contribution in [1.82, 2.24) is 4.98 Å². The number of fused-ring (bicyclic) bond motifs is 5. The van der Waals surface area contributed by atoms with Crippen LogP contribution in [0.2, 0.25) is 0 Å². The van der Waals surface area contributed by atoms with Gasteiger partial charge in [-0.05, 0) is 99.3 Å². The Morgan fingerprint density at radius 1 is 0.446 bits per heavy atom. The monoisotopic (exact) mass is 720 g/mol. The molecule has 1 aliphatic heterocycles. The average Bonchev–Trinajstić information content (AvgIpc) is 4.03. The predicted molar refractivity (Wildman–Crippen MR) is 229 cm³/mol. The minimum atomic E-state index is -0.457. The summed E-state index contributed by atoms with van der Waals surface area (Å²) in [7, 11) is 0.